The zero-order chi connectivity index (χ0) is 48.6. The summed E-state index contributed by atoms with van der Waals surface area (Å²) >= 11 is 0. The Morgan fingerprint density at radius 2 is 0.597 bits per heavy atom. The molecule has 0 unspecified atom stereocenters. The molecule has 0 N–H and O–H groups in total. The predicted molar refractivity (Wildman–Crippen MR) is 288 cm³/mol. The van der Waals surface area contributed by atoms with Gasteiger partial charge in [-0.15, -0.1) is 0 Å². The van der Waals surface area contributed by atoms with Gasteiger partial charge < -0.3 is 14.2 Å². The van der Waals surface area contributed by atoms with E-state index in [-0.39, 0.29) is 37.5 Å². The van der Waals surface area contributed by atoms with Crippen LogP contribution in [0.2, 0.25) is 0 Å². The van der Waals surface area contributed by atoms with Gasteiger partial charge in [0, 0.05) is 19.3 Å². The zero-order valence-electron chi connectivity index (χ0n) is 42.9. The molecule has 67 heavy (non-hydrogen) atoms. The maximum absolute atomic E-state index is 12.8. The highest BCUT2D eigenvalue weighted by Crippen LogP contribution is 2.12. The number of hydrogen-bond acceptors (Lipinski definition) is 6. The summed E-state index contributed by atoms with van der Waals surface area (Å²) in [4.78, 5) is 38.0. The number of esters is 3. The second-order valence-corrected chi connectivity index (χ2v) is 17.0. The lowest BCUT2D eigenvalue weighted by Gasteiger charge is -2.18. The molecular formula is C61H96O6. The van der Waals surface area contributed by atoms with Crippen molar-refractivity contribution in [2.45, 2.75) is 219 Å². The molecule has 0 saturated carbocycles. The Kier molecular flexibility index (Phi) is 50.6. The summed E-state index contributed by atoms with van der Waals surface area (Å²) in [6.07, 6.45) is 75.8. The van der Waals surface area contributed by atoms with Crippen LogP contribution in [0.25, 0.3) is 0 Å². The third-order valence-corrected chi connectivity index (χ3v) is 10.6. The second-order valence-electron chi connectivity index (χ2n) is 17.0. The Hall–Kier alpha value is -4.45. The van der Waals surface area contributed by atoms with Crippen LogP contribution in [0.5, 0.6) is 0 Å². The Labute approximate surface area is 411 Å². The maximum atomic E-state index is 12.8. The average molecular weight is 925 g/mol. The quantitative estimate of drug-likeness (QED) is 0.0262. The Morgan fingerprint density at radius 1 is 0.313 bits per heavy atom. The average Bonchev–Trinajstić information content (AvgIpc) is 3.33. The molecule has 0 aliphatic carbocycles. The molecule has 0 fully saturated rings. The van der Waals surface area contributed by atoms with E-state index in [2.05, 4.69) is 154 Å². The molecule has 0 amide bonds. The first-order valence-corrected chi connectivity index (χ1v) is 26.7. The third-order valence-electron chi connectivity index (χ3n) is 10.6. The van der Waals surface area contributed by atoms with Crippen LogP contribution in [0.1, 0.15) is 213 Å². The lowest BCUT2D eigenvalue weighted by molar-refractivity contribution is -0.167. The first-order valence-electron chi connectivity index (χ1n) is 26.7. The van der Waals surface area contributed by atoms with Crippen LogP contribution >= 0.6 is 0 Å². The summed E-state index contributed by atoms with van der Waals surface area (Å²) in [5.74, 6) is -1.03. The van der Waals surface area contributed by atoms with Crippen molar-refractivity contribution in [2.24, 2.45) is 0 Å². The van der Waals surface area contributed by atoms with Crippen LogP contribution < -0.4 is 0 Å². The fourth-order valence-electron chi connectivity index (χ4n) is 6.67. The van der Waals surface area contributed by atoms with Crippen LogP contribution in [0.15, 0.2) is 134 Å². The zero-order valence-corrected chi connectivity index (χ0v) is 42.9. The van der Waals surface area contributed by atoms with Gasteiger partial charge >= 0.3 is 17.9 Å². The number of carbonyl (C=O) groups is 3. The minimum atomic E-state index is -0.830. The van der Waals surface area contributed by atoms with Crippen LogP contribution in [-0.4, -0.2) is 37.2 Å². The highest BCUT2D eigenvalue weighted by atomic mass is 16.6. The van der Waals surface area contributed by atoms with Gasteiger partial charge in [-0.05, 0) is 128 Å². The molecule has 0 bridgehead atoms. The summed E-state index contributed by atoms with van der Waals surface area (Å²) in [5, 5.41) is 0. The van der Waals surface area contributed by atoms with Crippen molar-refractivity contribution in [3.8, 4) is 0 Å². The van der Waals surface area contributed by atoms with Crippen molar-refractivity contribution < 1.29 is 28.6 Å². The number of rotatable bonds is 46. The standard InChI is InChI=1S/C61H96O6/c1-4-7-10-13-16-19-22-25-27-29-30-32-33-36-39-42-45-48-51-54-60(63)66-57-58(56-65-59(62)53-50-47-44-41-38-35-24-21-18-15-12-9-6-3)67-61(64)55-52-49-46-43-40-37-34-31-28-26-23-20-17-14-11-8-5-2/h7-8,10-11,16-17,19-21,24-28,30,32,34,36-37,39,43,46,58H,4-6,9,12-15,18,22-23,29,31,33,35,38,40-42,44-45,47-57H2,1-3H3/b10-7-,11-8-,19-16-,20-17-,24-21-,27-25-,28-26-,32-30-,37-34-,39-36-,46-43-/t58-/m1/s1. The SMILES string of the molecule is CC/C=C\C/C=C\C/C=C\C/C=C\C/C=C\CCCCCC(=O)OC[C@@H](COC(=O)CCCCCCC/C=C\CCCCCC)OC(=O)CCC/C=C\C/C=C\C/C=C\C/C=C\C/C=C\CC. The summed E-state index contributed by atoms with van der Waals surface area (Å²) in [7, 11) is 0. The molecule has 376 valence electrons. The van der Waals surface area contributed by atoms with E-state index in [0.717, 1.165) is 128 Å². The Bertz CT molecular complexity index is 1480. The van der Waals surface area contributed by atoms with Gasteiger partial charge in [0.05, 0.1) is 0 Å². The molecule has 0 rings (SSSR count). The second kappa shape index (κ2) is 54.2. The summed E-state index contributed by atoms with van der Waals surface area (Å²) in [6.45, 7) is 6.29. The number of allylic oxidation sites excluding steroid dienone is 22. The van der Waals surface area contributed by atoms with Crippen molar-refractivity contribution in [2.75, 3.05) is 13.2 Å². The van der Waals surface area contributed by atoms with Crippen LogP contribution in [0.4, 0.5) is 0 Å². The molecule has 0 radical (unpaired) electrons. The molecule has 0 aliphatic rings. The van der Waals surface area contributed by atoms with Gasteiger partial charge in [-0.25, -0.2) is 0 Å². The van der Waals surface area contributed by atoms with E-state index in [9.17, 15) is 14.4 Å². The van der Waals surface area contributed by atoms with Gasteiger partial charge in [0.25, 0.3) is 0 Å². The largest absolute Gasteiger partial charge is 0.462 e. The third kappa shape index (κ3) is 52.4. The van der Waals surface area contributed by atoms with Gasteiger partial charge in [-0.2, -0.15) is 0 Å². The minimum absolute atomic E-state index is 0.120. The fourth-order valence-corrected chi connectivity index (χ4v) is 6.67. The summed E-state index contributed by atoms with van der Waals surface area (Å²) < 4.78 is 16.7. The van der Waals surface area contributed by atoms with E-state index < -0.39 is 6.10 Å². The Morgan fingerprint density at radius 3 is 0.985 bits per heavy atom. The van der Waals surface area contributed by atoms with Crippen molar-refractivity contribution in [1.29, 1.82) is 0 Å². The highest BCUT2D eigenvalue weighted by Gasteiger charge is 2.19. The molecule has 1 atom stereocenters. The Balaban J connectivity index is 4.57. The molecule has 6 heteroatoms. The first kappa shape index (κ1) is 62.5. The number of carbonyl (C=O) groups excluding carboxylic acids is 3. The maximum Gasteiger partial charge on any atom is 0.306 e. The van der Waals surface area contributed by atoms with E-state index in [1.165, 1.54) is 38.5 Å². The van der Waals surface area contributed by atoms with E-state index in [0.29, 0.717) is 19.3 Å². The number of hydrogen-bond donors (Lipinski definition) is 0. The molecule has 0 aromatic rings. The molecule has 0 spiro atoms. The monoisotopic (exact) mass is 925 g/mol. The number of unbranched alkanes of at least 4 members (excludes halogenated alkanes) is 13. The van der Waals surface area contributed by atoms with Crippen molar-refractivity contribution in [3.63, 3.8) is 0 Å². The molecule has 6 nitrogen and oxygen atoms in total. The van der Waals surface area contributed by atoms with E-state index in [1.807, 2.05) is 0 Å². The topological polar surface area (TPSA) is 78.9 Å². The molecule has 0 heterocycles. The van der Waals surface area contributed by atoms with Crippen molar-refractivity contribution in [3.05, 3.63) is 134 Å². The van der Waals surface area contributed by atoms with Crippen molar-refractivity contribution in [1.82, 2.24) is 0 Å². The molecule has 0 aromatic heterocycles. The van der Waals surface area contributed by atoms with Crippen LogP contribution in [0.3, 0.4) is 0 Å². The van der Waals surface area contributed by atoms with Gasteiger partial charge in [0.1, 0.15) is 13.2 Å². The van der Waals surface area contributed by atoms with E-state index in [1.54, 1.807) is 0 Å². The lowest BCUT2D eigenvalue weighted by atomic mass is 10.1. The molecule has 0 aromatic carbocycles. The molecule has 0 aliphatic heterocycles. The minimum Gasteiger partial charge on any atom is -0.462 e. The van der Waals surface area contributed by atoms with Crippen LogP contribution in [0, 0.1) is 0 Å². The molecular weight excluding hydrogens is 829 g/mol. The van der Waals surface area contributed by atoms with Gasteiger partial charge in [-0.1, -0.05) is 199 Å². The van der Waals surface area contributed by atoms with Crippen LogP contribution in [-0.2, 0) is 28.6 Å². The summed E-state index contributed by atoms with van der Waals surface area (Å²) in [6, 6.07) is 0. The normalized spacial score (nSPS) is 13.2. The summed E-state index contributed by atoms with van der Waals surface area (Å²) in [5.41, 5.74) is 0. The van der Waals surface area contributed by atoms with Crippen molar-refractivity contribution >= 4 is 17.9 Å². The predicted octanol–water partition coefficient (Wildman–Crippen LogP) is 17.9. The van der Waals surface area contributed by atoms with Gasteiger partial charge in [-0.3, -0.25) is 14.4 Å². The van der Waals surface area contributed by atoms with E-state index >= 15 is 0 Å². The van der Waals surface area contributed by atoms with E-state index in [4.69, 9.17) is 14.2 Å². The highest BCUT2D eigenvalue weighted by molar-refractivity contribution is 5.71. The van der Waals surface area contributed by atoms with Gasteiger partial charge in [0.2, 0.25) is 0 Å². The first-order chi connectivity index (χ1) is 33.0. The lowest BCUT2D eigenvalue weighted by Crippen LogP contribution is -2.30. The smallest absolute Gasteiger partial charge is 0.306 e. The van der Waals surface area contributed by atoms with Gasteiger partial charge in [0.15, 0.2) is 6.10 Å². The fraction of sp³-hybridized carbons (Fsp3) is 0.590. The number of ether oxygens (including phenoxy) is 3. The molecule has 0 saturated heterocycles.